The van der Waals surface area contributed by atoms with E-state index in [9.17, 15) is 5.26 Å². The Balaban J connectivity index is 1.14. The highest BCUT2D eigenvalue weighted by Gasteiger charge is 2.26. The standard InChI is InChI=1S/C52H30N6S/c53-31-32-23-25-34(26-24-32)51-54-50(33-13-3-1-4-14-33)55-52(56-51)35-27-29-37(30-28-35)58-42-21-11-8-18-39(42)45-47(58)44-38-17-7-10-20-41(38)57(36-15-5-2-6-16-36)48(44)46-40-19-9-12-22-43(40)59-49(45)46/h1-30H. The fourth-order valence-corrected chi connectivity index (χ4v) is 10.1. The van der Waals surface area contributed by atoms with Gasteiger partial charge in [-0.05, 0) is 78.9 Å². The second kappa shape index (κ2) is 13.1. The number of nitrogens with zero attached hydrogens (tertiary/aromatic N) is 6. The van der Waals surface area contributed by atoms with Gasteiger partial charge >= 0.3 is 0 Å². The minimum absolute atomic E-state index is 0.550. The van der Waals surface area contributed by atoms with Crippen molar-refractivity contribution in [1.29, 1.82) is 5.26 Å². The molecule has 8 aromatic carbocycles. The monoisotopic (exact) mass is 770 g/mol. The SMILES string of the molecule is N#Cc1ccc(-c2nc(-c3ccccc3)nc(-c3ccc(-n4c5ccccc5c5c6sc7ccccc7c6c6c(c7ccccc7n6-c6ccccc6)c54)cc3)n2)cc1. The first kappa shape index (κ1) is 33.2. The van der Waals surface area contributed by atoms with Gasteiger partial charge in [0, 0.05) is 69.8 Å². The molecule has 12 rings (SSSR count). The molecule has 0 N–H and O–H groups in total. The summed E-state index contributed by atoms with van der Waals surface area (Å²) in [5, 5.41) is 16.9. The molecule has 0 amide bonds. The molecule has 59 heavy (non-hydrogen) atoms. The number of hydrogen-bond donors (Lipinski definition) is 0. The second-order valence-electron chi connectivity index (χ2n) is 14.7. The Morgan fingerprint density at radius 3 is 1.44 bits per heavy atom. The predicted octanol–water partition coefficient (Wildman–Crippen LogP) is 13.3. The largest absolute Gasteiger partial charge is 0.308 e. The van der Waals surface area contributed by atoms with Crippen LogP contribution in [0.2, 0.25) is 0 Å². The summed E-state index contributed by atoms with van der Waals surface area (Å²) in [6.07, 6.45) is 0. The first-order valence-corrected chi connectivity index (χ1v) is 20.3. The van der Waals surface area contributed by atoms with E-state index in [0.29, 0.717) is 23.0 Å². The summed E-state index contributed by atoms with van der Waals surface area (Å²) >= 11 is 1.88. The molecule has 4 heterocycles. The average molecular weight is 771 g/mol. The summed E-state index contributed by atoms with van der Waals surface area (Å²) in [6, 6.07) is 65.4. The lowest BCUT2D eigenvalue weighted by Gasteiger charge is -2.12. The molecule has 0 atom stereocenters. The number of aromatic nitrogens is 5. The average Bonchev–Trinajstić information content (AvgIpc) is 3.98. The third-order valence-electron chi connectivity index (χ3n) is 11.4. The van der Waals surface area contributed by atoms with Crippen LogP contribution in [0.4, 0.5) is 0 Å². The molecular formula is C52H30N6S. The Kier molecular flexibility index (Phi) is 7.36. The molecular weight excluding hydrogens is 741 g/mol. The van der Waals surface area contributed by atoms with Gasteiger partial charge in [0.05, 0.1) is 33.7 Å². The van der Waals surface area contributed by atoms with Crippen molar-refractivity contribution in [2.75, 3.05) is 0 Å². The minimum atomic E-state index is 0.550. The van der Waals surface area contributed by atoms with E-state index in [2.05, 4.69) is 143 Å². The molecule has 12 aromatic rings. The summed E-state index contributed by atoms with van der Waals surface area (Å²) < 4.78 is 7.48. The molecule has 0 fully saturated rings. The zero-order valence-electron chi connectivity index (χ0n) is 31.4. The van der Waals surface area contributed by atoms with Crippen LogP contribution in [0.15, 0.2) is 182 Å². The van der Waals surface area contributed by atoms with Gasteiger partial charge in [-0.1, -0.05) is 103 Å². The lowest BCUT2D eigenvalue weighted by Crippen LogP contribution is -2.00. The third kappa shape index (κ3) is 5.07. The molecule has 0 aliphatic carbocycles. The highest BCUT2D eigenvalue weighted by Crippen LogP contribution is 2.51. The smallest absolute Gasteiger partial charge is 0.164 e. The Bertz CT molecular complexity index is 3650. The van der Waals surface area contributed by atoms with Crippen molar-refractivity contribution in [2.24, 2.45) is 0 Å². The Hall–Kier alpha value is -7.92. The molecule has 0 aliphatic rings. The van der Waals surface area contributed by atoms with Crippen LogP contribution in [0.3, 0.4) is 0 Å². The van der Waals surface area contributed by atoms with Gasteiger partial charge in [0.1, 0.15) is 0 Å². The van der Waals surface area contributed by atoms with Crippen molar-refractivity contribution in [3.8, 4) is 51.6 Å². The minimum Gasteiger partial charge on any atom is -0.308 e. The Morgan fingerprint density at radius 2 is 0.847 bits per heavy atom. The number of nitriles is 1. The fraction of sp³-hybridized carbons (Fsp3) is 0. The topological polar surface area (TPSA) is 72.3 Å². The fourth-order valence-electron chi connectivity index (χ4n) is 8.80. The van der Waals surface area contributed by atoms with Crippen LogP contribution < -0.4 is 0 Å². The molecule has 7 heteroatoms. The van der Waals surface area contributed by atoms with Crippen molar-refractivity contribution in [3.63, 3.8) is 0 Å². The van der Waals surface area contributed by atoms with Gasteiger partial charge in [-0.2, -0.15) is 5.26 Å². The summed E-state index contributed by atoms with van der Waals surface area (Å²) in [6.45, 7) is 0. The number of para-hydroxylation sites is 3. The summed E-state index contributed by atoms with van der Waals surface area (Å²) in [5.41, 5.74) is 10.1. The molecule has 4 aromatic heterocycles. The molecule has 0 radical (unpaired) electrons. The zero-order chi connectivity index (χ0) is 39.0. The van der Waals surface area contributed by atoms with Crippen LogP contribution >= 0.6 is 11.3 Å². The number of fused-ring (bicyclic) bond motifs is 12. The molecule has 0 aliphatic heterocycles. The van der Waals surface area contributed by atoms with Crippen LogP contribution in [0, 0.1) is 11.3 Å². The summed E-state index contributed by atoms with van der Waals surface area (Å²) in [7, 11) is 0. The first-order valence-electron chi connectivity index (χ1n) is 19.5. The van der Waals surface area contributed by atoms with Crippen LogP contribution in [0.5, 0.6) is 0 Å². The van der Waals surface area contributed by atoms with Gasteiger partial charge in [0.2, 0.25) is 0 Å². The second-order valence-corrected chi connectivity index (χ2v) is 15.8. The zero-order valence-corrected chi connectivity index (χ0v) is 32.2. The van der Waals surface area contributed by atoms with E-state index >= 15 is 0 Å². The summed E-state index contributed by atoms with van der Waals surface area (Å²) in [5.74, 6) is 1.72. The van der Waals surface area contributed by atoms with Crippen molar-refractivity contribution >= 4 is 75.1 Å². The maximum atomic E-state index is 9.42. The van der Waals surface area contributed by atoms with E-state index in [1.54, 1.807) is 12.1 Å². The van der Waals surface area contributed by atoms with E-state index < -0.39 is 0 Å². The maximum Gasteiger partial charge on any atom is 0.164 e. The molecule has 0 bridgehead atoms. The number of hydrogen-bond acceptors (Lipinski definition) is 5. The number of thiophene rings is 1. The van der Waals surface area contributed by atoms with Gasteiger partial charge in [-0.25, -0.2) is 15.0 Å². The lowest BCUT2D eigenvalue weighted by atomic mass is 10.0. The Labute approximate surface area is 342 Å². The highest BCUT2D eigenvalue weighted by atomic mass is 32.1. The van der Waals surface area contributed by atoms with Gasteiger partial charge in [0.15, 0.2) is 17.5 Å². The van der Waals surface area contributed by atoms with Crippen molar-refractivity contribution in [2.45, 2.75) is 0 Å². The van der Waals surface area contributed by atoms with E-state index in [1.165, 1.54) is 58.3 Å². The number of rotatable bonds is 5. The van der Waals surface area contributed by atoms with Gasteiger partial charge in [-0.3, -0.25) is 0 Å². The highest BCUT2D eigenvalue weighted by molar-refractivity contribution is 7.27. The lowest BCUT2D eigenvalue weighted by molar-refractivity contribution is 1.07. The van der Waals surface area contributed by atoms with Crippen molar-refractivity contribution < 1.29 is 0 Å². The number of benzene rings is 8. The maximum absolute atomic E-state index is 9.42. The first-order chi connectivity index (χ1) is 29.2. The molecule has 0 saturated heterocycles. The van der Waals surface area contributed by atoms with Crippen LogP contribution in [0.25, 0.3) is 109 Å². The Morgan fingerprint density at radius 1 is 0.407 bits per heavy atom. The van der Waals surface area contributed by atoms with Gasteiger partial charge in [0.25, 0.3) is 0 Å². The molecule has 0 unspecified atom stereocenters. The van der Waals surface area contributed by atoms with E-state index in [0.717, 1.165) is 33.6 Å². The van der Waals surface area contributed by atoms with Crippen LogP contribution in [-0.4, -0.2) is 24.1 Å². The molecule has 6 nitrogen and oxygen atoms in total. The van der Waals surface area contributed by atoms with Gasteiger partial charge in [-0.15, -0.1) is 11.3 Å². The van der Waals surface area contributed by atoms with E-state index in [-0.39, 0.29) is 0 Å². The predicted molar refractivity (Wildman–Crippen MR) is 242 cm³/mol. The molecule has 0 spiro atoms. The molecule has 0 saturated carbocycles. The quantitative estimate of drug-likeness (QED) is 0.175. The molecule has 274 valence electrons. The summed E-state index contributed by atoms with van der Waals surface area (Å²) in [4.78, 5) is 14.9. The van der Waals surface area contributed by atoms with Crippen LogP contribution in [-0.2, 0) is 0 Å². The van der Waals surface area contributed by atoms with Crippen molar-refractivity contribution in [1.82, 2.24) is 24.1 Å². The normalized spacial score (nSPS) is 11.7. The third-order valence-corrected chi connectivity index (χ3v) is 12.6. The van der Waals surface area contributed by atoms with E-state index in [1.807, 2.05) is 53.8 Å². The van der Waals surface area contributed by atoms with Crippen LogP contribution in [0.1, 0.15) is 5.56 Å². The van der Waals surface area contributed by atoms with Gasteiger partial charge < -0.3 is 9.13 Å². The van der Waals surface area contributed by atoms with Crippen molar-refractivity contribution in [3.05, 3.63) is 188 Å². The van der Waals surface area contributed by atoms with E-state index in [4.69, 9.17) is 15.0 Å².